The van der Waals surface area contributed by atoms with Crippen molar-refractivity contribution in [3.8, 4) is 0 Å². The van der Waals surface area contributed by atoms with Gasteiger partial charge in [-0.1, -0.05) is 12.1 Å². The zero-order valence-electron chi connectivity index (χ0n) is 15.4. The van der Waals surface area contributed by atoms with Crippen LogP contribution in [0.4, 0.5) is 10.7 Å². The molecule has 3 rings (SSSR count). The average molecular weight is 386 g/mol. The molecule has 0 spiro atoms. The number of esters is 1. The highest BCUT2D eigenvalue weighted by molar-refractivity contribution is 7.18. The van der Waals surface area contributed by atoms with Crippen molar-refractivity contribution in [1.29, 1.82) is 0 Å². The van der Waals surface area contributed by atoms with Crippen LogP contribution in [0.1, 0.15) is 40.6 Å². The molecule has 142 valence electrons. The van der Waals surface area contributed by atoms with E-state index in [9.17, 15) is 14.4 Å². The number of ether oxygens (including phenoxy) is 1. The van der Waals surface area contributed by atoms with Gasteiger partial charge in [0.1, 0.15) is 4.88 Å². The number of benzene rings is 1. The monoisotopic (exact) mass is 386 g/mol. The van der Waals surface area contributed by atoms with Crippen LogP contribution in [0.5, 0.6) is 0 Å². The first kappa shape index (κ1) is 19.1. The summed E-state index contributed by atoms with van der Waals surface area (Å²) >= 11 is 1.22. The predicted octanol–water partition coefficient (Wildman–Crippen LogP) is 3.54. The number of amides is 2. The molecule has 1 fully saturated rings. The molecule has 1 aromatic carbocycles. The van der Waals surface area contributed by atoms with E-state index >= 15 is 0 Å². The predicted molar refractivity (Wildman–Crippen MR) is 105 cm³/mol. The van der Waals surface area contributed by atoms with Gasteiger partial charge in [0.2, 0.25) is 11.8 Å². The Balaban J connectivity index is 1.60. The molecule has 1 aliphatic heterocycles. The van der Waals surface area contributed by atoms with Crippen molar-refractivity contribution in [1.82, 2.24) is 0 Å². The molecule has 2 heterocycles. The van der Waals surface area contributed by atoms with Gasteiger partial charge in [-0.3, -0.25) is 9.59 Å². The number of nitrogens with zero attached hydrogens (tertiary/aromatic N) is 1. The van der Waals surface area contributed by atoms with Crippen molar-refractivity contribution in [2.24, 2.45) is 0 Å². The first-order chi connectivity index (χ1) is 13.0. The summed E-state index contributed by atoms with van der Waals surface area (Å²) in [7, 11) is 0. The van der Waals surface area contributed by atoms with Crippen LogP contribution in [0.15, 0.2) is 30.3 Å². The fourth-order valence-corrected chi connectivity index (χ4v) is 4.01. The Hall–Kier alpha value is -2.67. The van der Waals surface area contributed by atoms with Gasteiger partial charge < -0.3 is 15.0 Å². The lowest BCUT2D eigenvalue weighted by atomic mass is 10.1. The number of hydrogen-bond donors (Lipinski definition) is 1. The summed E-state index contributed by atoms with van der Waals surface area (Å²) in [6, 6.07) is 9.26. The van der Waals surface area contributed by atoms with E-state index in [0.717, 1.165) is 29.8 Å². The average Bonchev–Trinajstić information content (AvgIpc) is 3.21. The fraction of sp³-hybridized carbons (Fsp3) is 0.350. The topological polar surface area (TPSA) is 75.7 Å². The van der Waals surface area contributed by atoms with Crippen molar-refractivity contribution in [2.75, 3.05) is 23.4 Å². The van der Waals surface area contributed by atoms with Crippen molar-refractivity contribution >= 4 is 39.8 Å². The van der Waals surface area contributed by atoms with Crippen LogP contribution in [0.3, 0.4) is 0 Å². The molecule has 2 aromatic rings. The van der Waals surface area contributed by atoms with Crippen LogP contribution in [-0.4, -0.2) is 30.9 Å². The third kappa shape index (κ3) is 4.54. The minimum Gasteiger partial charge on any atom is -0.462 e. The number of thiophene rings is 1. The quantitative estimate of drug-likeness (QED) is 0.771. The van der Waals surface area contributed by atoms with Gasteiger partial charge in [0.05, 0.1) is 18.0 Å². The van der Waals surface area contributed by atoms with Crippen molar-refractivity contribution in [3.05, 3.63) is 46.3 Å². The molecular formula is C20H22N2O4S. The number of hydrogen-bond acceptors (Lipinski definition) is 5. The van der Waals surface area contributed by atoms with Gasteiger partial charge in [0, 0.05) is 18.7 Å². The number of carbonyl (C=O) groups is 3. The first-order valence-corrected chi connectivity index (χ1v) is 9.76. The van der Waals surface area contributed by atoms with Gasteiger partial charge in [-0.25, -0.2) is 4.79 Å². The first-order valence-electron chi connectivity index (χ1n) is 8.94. The maximum absolute atomic E-state index is 12.3. The van der Waals surface area contributed by atoms with Crippen LogP contribution in [0.2, 0.25) is 0 Å². The molecule has 1 aromatic heterocycles. The zero-order chi connectivity index (χ0) is 19.4. The summed E-state index contributed by atoms with van der Waals surface area (Å²) in [5.41, 5.74) is 2.52. The molecule has 0 saturated carbocycles. The number of anilines is 2. The Morgan fingerprint density at radius 3 is 2.63 bits per heavy atom. The summed E-state index contributed by atoms with van der Waals surface area (Å²) in [5, 5.41) is 3.46. The van der Waals surface area contributed by atoms with E-state index in [4.69, 9.17) is 4.74 Å². The summed E-state index contributed by atoms with van der Waals surface area (Å²) in [5.74, 6) is -0.379. The van der Waals surface area contributed by atoms with Gasteiger partial charge >= 0.3 is 5.97 Å². The molecule has 7 heteroatoms. The lowest BCUT2D eigenvalue weighted by molar-refractivity contribution is -0.117. The van der Waals surface area contributed by atoms with Crippen LogP contribution >= 0.6 is 11.3 Å². The second-order valence-electron chi connectivity index (χ2n) is 6.38. The summed E-state index contributed by atoms with van der Waals surface area (Å²) < 4.78 is 5.01. The second kappa shape index (κ2) is 8.35. The molecule has 0 unspecified atom stereocenters. The van der Waals surface area contributed by atoms with Crippen molar-refractivity contribution < 1.29 is 19.1 Å². The van der Waals surface area contributed by atoms with E-state index in [1.807, 2.05) is 31.2 Å². The van der Waals surface area contributed by atoms with E-state index in [1.54, 1.807) is 17.9 Å². The smallest absolute Gasteiger partial charge is 0.348 e. The largest absolute Gasteiger partial charge is 0.462 e. The highest BCUT2D eigenvalue weighted by atomic mass is 32.1. The van der Waals surface area contributed by atoms with Gasteiger partial charge in [-0.2, -0.15) is 0 Å². The second-order valence-corrected chi connectivity index (χ2v) is 7.44. The normalized spacial score (nSPS) is 13.7. The molecule has 6 nitrogen and oxygen atoms in total. The van der Waals surface area contributed by atoms with E-state index < -0.39 is 0 Å². The van der Waals surface area contributed by atoms with E-state index in [2.05, 4.69) is 5.32 Å². The number of nitrogens with one attached hydrogen (secondary N) is 1. The Morgan fingerprint density at radius 2 is 2.00 bits per heavy atom. The molecule has 1 aliphatic rings. The lowest BCUT2D eigenvalue weighted by Crippen LogP contribution is -2.23. The summed E-state index contributed by atoms with van der Waals surface area (Å²) in [4.78, 5) is 38.2. The molecule has 2 amide bonds. The zero-order valence-corrected chi connectivity index (χ0v) is 16.2. The van der Waals surface area contributed by atoms with Crippen LogP contribution in [0.25, 0.3) is 0 Å². The molecule has 1 N–H and O–H groups in total. The third-order valence-electron chi connectivity index (χ3n) is 4.33. The molecule has 0 aliphatic carbocycles. The van der Waals surface area contributed by atoms with Crippen LogP contribution < -0.4 is 10.2 Å². The molecular weight excluding hydrogens is 364 g/mol. The van der Waals surface area contributed by atoms with E-state index in [0.29, 0.717) is 22.9 Å². The maximum Gasteiger partial charge on any atom is 0.348 e. The van der Waals surface area contributed by atoms with Crippen molar-refractivity contribution in [2.45, 2.75) is 33.1 Å². The third-order valence-corrected chi connectivity index (χ3v) is 5.46. The molecule has 0 bridgehead atoms. The lowest BCUT2D eigenvalue weighted by Gasteiger charge is -2.15. The Bertz CT molecular complexity index is 857. The van der Waals surface area contributed by atoms with Gasteiger partial charge in [0.25, 0.3) is 0 Å². The molecule has 0 radical (unpaired) electrons. The van der Waals surface area contributed by atoms with Crippen molar-refractivity contribution in [3.63, 3.8) is 0 Å². The number of carbonyl (C=O) groups excluding carboxylic acids is 3. The highest BCUT2D eigenvalue weighted by Gasteiger charge is 2.21. The fourth-order valence-electron chi connectivity index (χ4n) is 3.02. The number of rotatable bonds is 6. The Morgan fingerprint density at radius 1 is 1.26 bits per heavy atom. The summed E-state index contributed by atoms with van der Waals surface area (Å²) in [6.07, 6.45) is 1.70. The summed E-state index contributed by atoms with van der Waals surface area (Å²) in [6.45, 7) is 4.64. The van der Waals surface area contributed by atoms with Gasteiger partial charge in [-0.15, -0.1) is 11.3 Å². The van der Waals surface area contributed by atoms with Gasteiger partial charge in [0.15, 0.2) is 0 Å². The van der Waals surface area contributed by atoms with E-state index in [1.165, 1.54) is 11.3 Å². The SMILES string of the molecule is CCOC(=O)c1sc(NC(=O)Cc2ccc(N3CCCC3=O)cc2)cc1C. The Kier molecular flexibility index (Phi) is 5.91. The number of aryl methyl sites for hydroxylation is 1. The van der Waals surface area contributed by atoms with E-state index in [-0.39, 0.29) is 24.2 Å². The highest BCUT2D eigenvalue weighted by Crippen LogP contribution is 2.27. The maximum atomic E-state index is 12.3. The standard InChI is InChI=1S/C20H22N2O4S/c1-3-26-20(25)19-13(2)11-17(27-19)21-16(23)12-14-6-8-15(9-7-14)22-10-4-5-18(22)24/h6-9,11H,3-5,10,12H2,1-2H3,(H,21,23). The van der Waals surface area contributed by atoms with Gasteiger partial charge in [-0.05, 0) is 49.6 Å². The van der Waals surface area contributed by atoms with Crippen LogP contribution in [-0.2, 0) is 20.7 Å². The van der Waals surface area contributed by atoms with Crippen LogP contribution in [0, 0.1) is 6.92 Å². The Labute approximate surface area is 162 Å². The molecule has 27 heavy (non-hydrogen) atoms. The minimum absolute atomic E-state index is 0.144. The molecule has 0 atom stereocenters. The minimum atomic E-state index is -0.368. The molecule has 1 saturated heterocycles.